The molecule has 0 aromatic heterocycles. The summed E-state index contributed by atoms with van der Waals surface area (Å²) < 4.78 is 0. The predicted molar refractivity (Wildman–Crippen MR) is 82.5 cm³/mol. The van der Waals surface area contributed by atoms with Crippen molar-refractivity contribution < 1.29 is 9.59 Å². The maximum atomic E-state index is 13.0. The van der Waals surface area contributed by atoms with Crippen molar-refractivity contribution in [3.05, 3.63) is 48.6 Å². The highest BCUT2D eigenvalue weighted by atomic mass is 16.2. The second-order valence-electron chi connectivity index (χ2n) is 5.74. The zero-order valence-corrected chi connectivity index (χ0v) is 12.8. The molecule has 1 aromatic carbocycles. The van der Waals surface area contributed by atoms with E-state index >= 15 is 0 Å². The molecule has 0 saturated carbocycles. The molecule has 1 aliphatic rings. The minimum absolute atomic E-state index is 0.0564. The number of nitrogens with one attached hydrogen (secondary N) is 1. The summed E-state index contributed by atoms with van der Waals surface area (Å²) in [6.07, 6.45) is 2.44. The Balaban J connectivity index is 2.43. The van der Waals surface area contributed by atoms with E-state index in [2.05, 4.69) is 11.9 Å². The maximum absolute atomic E-state index is 13.0. The average Bonchev–Trinajstić information content (AvgIpc) is 2.47. The van der Waals surface area contributed by atoms with Crippen LogP contribution < -0.4 is 5.32 Å². The van der Waals surface area contributed by atoms with Crippen LogP contribution in [0.3, 0.4) is 0 Å². The Morgan fingerprint density at radius 1 is 1.38 bits per heavy atom. The second kappa shape index (κ2) is 5.72. The zero-order valence-electron chi connectivity index (χ0n) is 12.8. The van der Waals surface area contributed by atoms with E-state index in [0.29, 0.717) is 6.42 Å². The Labute approximate surface area is 125 Å². The van der Waals surface area contributed by atoms with Crippen molar-refractivity contribution in [1.82, 2.24) is 10.2 Å². The molecule has 3 atom stereocenters. The number of hydrogen-bond acceptors (Lipinski definition) is 2. The summed E-state index contributed by atoms with van der Waals surface area (Å²) in [6, 6.07) is 8.84. The van der Waals surface area contributed by atoms with Crippen LogP contribution >= 0.6 is 0 Å². The molecule has 0 spiro atoms. The van der Waals surface area contributed by atoms with Crippen LogP contribution in [0.25, 0.3) is 0 Å². The van der Waals surface area contributed by atoms with Gasteiger partial charge in [0.2, 0.25) is 5.91 Å². The van der Waals surface area contributed by atoms with Gasteiger partial charge >= 0.3 is 0 Å². The quantitative estimate of drug-likeness (QED) is 0.863. The van der Waals surface area contributed by atoms with Gasteiger partial charge in [-0.15, -0.1) is 6.58 Å². The molecule has 2 rings (SSSR count). The molecular formula is C17H22N2O2. The summed E-state index contributed by atoms with van der Waals surface area (Å²) in [4.78, 5) is 27.0. The van der Waals surface area contributed by atoms with E-state index in [1.807, 2.05) is 37.3 Å². The summed E-state index contributed by atoms with van der Waals surface area (Å²) in [5.74, 6) is -0.202. The Morgan fingerprint density at radius 2 is 2.00 bits per heavy atom. The molecule has 0 radical (unpaired) electrons. The molecule has 1 aromatic rings. The highest BCUT2D eigenvalue weighted by Gasteiger charge is 2.48. The van der Waals surface area contributed by atoms with Gasteiger partial charge in [0.25, 0.3) is 5.91 Å². The van der Waals surface area contributed by atoms with Crippen LogP contribution in [0.15, 0.2) is 43.0 Å². The Hall–Kier alpha value is -2.10. The molecule has 1 heterocycles. The first-order valence-electron chi connectivity index (χ1n) is 7.23. The normalized spacial score (nSPS) is 27.2. The summed E-state index contributed by atoms with van der Waals surface area (Å²) in [5.41, 5.74) is -0.216. The van der Waals surface area contributed by atoms with Gasteiger partial charge in [0, 0.05) is 6.04 Å². The number of amides is 2. The number of benzene rings is 1. The van der Waals surface area contributed by atoms with E-state index in [1.54, 1.807) is 24.8 Å². The van der Waals surface area contributed by atoms with Gasteiger partial charge in [0.05, 0.1) is 0 Å². The third kappa shape index (κ3) is 2.58. The highest BCUT2D eigenvalue weighted by Crippen LogP contribution is 2.30. The van der Waals surface area contributed by atoms with Crippen LogP contribution in [0.1, 0.15) is 32.8 Å². The van der Waals surface area contributed by atoms with Crippen molar-refractivity contribution in [3.63, 3.8) is 0 Å². The first-order chi connectivity index (χ1) is 9.91. The van der Waals surface area contributed by atoms with Crippen LogP contribution in [-0.2, 0) is 15.1 Å². The molecule has 1 aliphatic heterocycles. The molecule has 4 nitrogen and oxygen atoms in total. The lowest BCUT2D eigenvalue weighted by Gasteiger charge is -2.46. The monoisotopic (exact) mass is 286 g/mol. The van der Waals surface area contributed by atoms with Crippen LogP contribution in [0.4, 0.5) is 0 Å². The van der Waals surface area contributed by atoms with Gasteiger partial charge in [-0.3, -0.25) is 9.59 Å². The summed E-state index contributed by atoms with van der Waals surface area (Å²) >= 11 is 0. The third-order valence-electron chi connectivity index (χ3n) is 4.17. The first-order valence-corrected chi connectivity index (χ1v) is 7.23. The Bertz CT molecular complexity index is 555. The van der Waals surface area contributed by atoms with Crippen molar-refractivity contribution in [1.29, 1.82) is 0 Å². The predicted octanol–water partition coefficient (Wildman–Crippen LogP) is 2.21. The Kier molecular flexibility index (Phi) is 4.16. The minimum Gasteiger partial charge on any atom is -0.336 e. The number of nitrogens with zero attached hydrogens (tertiary/aromatic N) is 1. The highest BCUT2D eigenvalue weighted by molar-refractivity contribution is 6.00. The van der Waals surface area contributed by atoms with Gasteiger partial charge in [-0.2, -0.15) is 0 Å². The van der Waals surface area contributed by atoms with Gasteiger partial charge < -0.3 is 10.2 Å². The molecular weight excluding hydrogens is 264 g/mol. The number of carbonyl (C=O) groups excluding carboxylic acids is 2. The van der Waals surface area contributed by atoms with E-state index in [9.17, 15) is 9.59 Å². The van der Waals surface area contributed by atoms with E-state index in [-0.39, 0.29) is 17.9 Å². The van der Waals surface area contributed by atoms with Crippen LogP contribution in [-0.4, -0.2) is 28.8 Å². The molecule has 1 fully saturated rings. The van der Waals surface area contributed by atoms with Crippen molar-refractivity contribution in [2.24, 2.45) is 0 Å². The molecule has 3 unspecified atom stereocenters. The number of hydrogen-bond donors (Lipinski definition) is 1. The molecule has 112 valence electrons. The SMILES string of the molecule is C=CCC(C)N1C(=O)C(C)(c2ccccc2)NC(=O)C1C. The average molecular weight is 286 g/mol. The van der Waals surface area contributed by atoms with Crippen LogP contribution in [0.5, 0.6) is 0 Å². The summed E-state index contributed by atoms with van der Waals surface area (Å²) in [7, 11) is 0. The van der Waals surface area contributed by atoms with Gasteiger partial charge in [-0.25, -0.2) is 0 Å². The standard InChI is InChI=1S/C17H22N2O2/c1-5-9-12(2)19-13(3)15(20)18-17(4,16(19)21)14-10-7-6-8-11-14/h5-8,10-13H,1,9H2,2-4H3,(H,18,20). The van der Waals surface area contributed by atoms with Gasteiger partial charge in [0.15, 0.2) is 0 Å². The van der Waals surface area contributed by atoms with Gasteiger partial charge in [0.1, 0.15) is 11.6 Å². The molecule has 1 saturated heterocycles. The first kappa shape index (κ1) is 15.3. The largest absolute Gasteiger partial charge is 0.336 e. The second-order valence-corrected chi connectivity index (χ2v) is 5.74. The van der Waals surface area contributed by atoms with Gasteiger partial charge in [-0.05, 0) is 32.8 Å². The number of carbonyl (C=O) groups is 2. The van der Waals surface area contributed by atoms with Crippen molar-refractivity contribution in [2.75, 3.05) is 0 Å². The molecule has 21 heavy (non-hydrogen) atoms. The fraction of sp³-hybridized carbons (Fsp3) is 0.412. The van der Waals surface area contributed by atoms with Crippen molar-refractivity contribution in [3.8, 4) is 0 Å². The van der Waals surface area contributed by atoms with E-state index in [1.165, 1.54) is 0 Å². The van der Waals surface area contributed by atoms with E-state index in [0.717, 1.165) is 5.56 Å². The van der Waals surface area contributed by atoms with E-state index < -0.39 is 11.6 Å². The molecule has 0 aliphatic carbocycles. The molecule has 1 N–H and O–H groups in total. The lowest BCUT2D eigenvalue weighted by atomic mass is 9.86. The lowest BCUT2D eigenvalue weighted by Crippen LogP contribution is -2.68. The molecule has 0 bridgehead atoms. The molecule has 4 heteroatoms. The lowest BCUT2D eigenvalue weighted by molar-refractivity contribution is -0.156. The van der Waals surface area contributed by atoms with Gasteiger partial charge in [-0.1, -0.05) is 36.4 Å². The third-order valence-corrected chi connectivity index (χ3v) is 4.17. The number of rotatable bonds is 4. The van der Waals surface area contributed by atoms with Crippen molar-refractivity contribution >= 4 is 11.8 Å². The Morgan fingerprint density at radius 3 is 2.57 bits per heavy atom. The fourth-order valence-corrected chi connectivity index (χ4v) is 2.87. The smallest absolute Gasteiger partial charge is 0.253 e. The van der Waals surface area contributed by atoms with Crippen molar-refractivity contribution in [2.45, 2.75) is 44.8 Å². The molecule has 2 amide bonds. The van der Waals surface area contributed by atoms with E-state index in [4.69, 9.17) is 0 Å². The fourth-order valence-electron chi connectivity index (χ4n) is 2.87. The van der Waals surface area contributed by atoms with Crippen LogP contribution in [0, 0.1) is 0 Å². The zero-order chi connectivity index (χ0) is 15.6. The maximum Gasteiger partial charge on any atom is 0.253 e. The van der Waals surface area contributed by atoms with Crippen LogP contribution in [0.2, 0.25) is 0 Å². The number of piperazine rings is 1. The summed E-state index contributed by atoms with van der Waals surface area (Å²) in [6.45, 7) is 9.19. The summed E-state index contributed by atoms with van der Waals surface area (Å²) in [5, 5.41) is 2.88. The minimum atomic E-state index is -1.01. The topological polar surface area (TPSA) is 49.4 Å².